The van der Waals surface area contributed by atoms with E-state index >= 15 is 0 Å². The number of anilines is 1. The summed E-state index contributed by atoms with van der Waals surface area (Å²) in [6, 6.07) is 5.38. The standard InChI is InChI=1S/C19H17ClF2N6/c1-24-12-2-3-13(25-8-12)9-28-17-7-11(21)6-14(20)18(17)26-19(28)27-5-4-15(22)16(23)10-27/h2-3,6-8,15-16H,4-5,9-10,23H2/t15-,16-/m1/s1. The molecule has 0 spiro atoms. The minimum atomic E-state index is -1.06. The monoisotopic (exact) mass is 402 g/mol. The van der Waals surface area contributed by atoms with Crippen molar-refractivity contribution < 1.29 is 8.78 Å². The van der Waals surface area contributed by atoms with Crippen LogP contribution in [0.25, 0.3) is 15.9 Å². The zero-order valence-electron chi connectivity index (χ0n) is 14.8. The van der Waals surface area contributed by atoms with Crippen LogP contribution in [0.3, 0.4) is 0 Å². The third-order valence-electron chi connectivity index (χ3n) is 4.86. The van der Waals surface area contributed by atoms with E-state index in [4.69, 9.17) is 23.9 Å². The van der Waals surface area contributed by atoms with Crippen molar-refractivity contribution in [3.05, 3.63) is 58.4 Å². The summed E-state index contributed by atoms with van der Waals surface area (Å²) < 4.78 is 29.6. The second kappa shape index (κ2) is 7.34. The Hall–Kier alpha value is -2.76. The Morgan fingerprint density at radius 1 is 1.36 bits per heavy atom. The zero-order valence-corrected chi connectivity index (χ0v) is 15.6. The van der Waals surface area contributed by atoms with Crippen molar-refractivity contribution in [1.82, 2.24) is 14.5 Å². The molecule has 2 aromatic heterocycles. The fourth-order valence-electron chi connectivity index (χ4n) is 3.41. The van der Waals surface area contributed by atoms with Gasteiger partial charge in [-0.25, -0.2) is 18.6 Å². The number of benzene rings is 1. The SMILES string of the molecule is [C-]#[N+]c1ccc(Cn2c(N3CC[C@@H](F)[C@H](N)C3)nc3c(Cl)cc(F)cc32)nc1. The van der Waals surface area contributed by atoms with Crippen molar-refractivity contribution in [2.24, 2.45) is 5.73 Å². The molecule has 0 amide bonds. The van der Waals surface area contributed by atoms with E-state index < -0.39 is 18.0 Å². The van der Waals surface area contributed by atoms with Gasteiger partial charge in [0.25, 0.3) is 0 Å². The average Bonchev–Trinajstić information content (AvgIpc) is 3.03. The number of piperidine rings is 1. The molecule has 0 saturated carbocycles. The highest BCUT2D eigenvalue weighted by molar-refractivity contribution is 6.35. The lowest BCUT2D eigenvalue weighted by molar-refractivity contribution is 0.243. The van der Waals surface area contributed by atoms with Gasteiger partial charge >= 0.3 is 0 Å². The number of rotatable bonds is 3. The van der Waals surface area contributed by atoms with Crippen molar-refractivity contribution in [1.29, 1.82) is 0 Å². The number of pyridine rings is 1. The highest BCUT2D eigenvalue weighted by atomic mass is 35.5. The minimum Gasteiger partial charge on any atom is -0.340 e. The van der Waals surface area contributed by atoms with Gasteiger partial charge in [0.2, 0.25) is 11.6 Å². The second-order valence-corrected chi connectivity index (χ2v) is 7.19. The first kappa shape index (κ1) is 18.6. The Bertz CT molecular complexity index is 1060. The molecule has 3 heterocycles. The fraction of sp³-hybridized carbons (Fsp3) is 0.316. The van der Waals surface area contributed by atoms with E-state index in [0.29, 0.717) is 54.4 Å². The summed E-state index contributed by atoms with van der Waals surface area (Å²) >= 11 is 6.21. The Morgan fingerprint density at radius 3 is 2.86 bits per heavy atom. The number of alkyl halides is 1. The number of fused-ring (bicyclic) bond motifs is 1. The van der Waals surface area contributed by atoms with Gasteiger partial charge in [0.1, 0.15) is 17.5 Å². The van der Waals surface area contributed by atoms with Crippen LogP contribution in [0, 0.1) is 12.4 Å². The van der Waals surface area contributed by atoms with Crippen LogP contribution in [-0.4, -0.2) is 39.8 Å². The fourth-order valence-corrected chi connectivity index (χ4v) is 3.65. The molecule has 1 aliphatic rings. The van der Waals surface area contributed by atoms with Gasteiger partial charge in [0.15, 0.2) is 0 Å². The number of hydrogen-bond donors (Lipinski definition) is 1. The minimum absolute atomic E-state index is 0.205. The Labute approximate surface area is 165 Å². The normalized spacial score (nSPS) is 19.8. The van der Waals surface area contributed by atoms with Crippen molar-refractivity contribution in [3.63, 3.8) is 0 Å². The van der Waals surface area contributed by atoms with Crippen molar-refractivity contribution >= 4 is 34.3 Å². The van der Waals surface area contributed by atoms with Crippen molar-refractivity contribution in [2.45, 2.75) is 25.2 Å². The highest BCUT2D eigenvalue weighted by Gasteiger charge is 2.29. The maximum Gasteiger partial charge on any atom is 0.207 e. The van der Waals surface area contributed by atoms with Crippen LogP contribution in [-0.2, 0) is 6.54 Å². The van der Waals surface area contributed by atoms with Gasteiger partial charge in [-0.15, -0.1) is 0 Å². The molecule has 0 aliphatic carbocycles. The van der Waals surface area contributed by atoms with Crippen LogP contribution >= 0.6 is 11.6 Å². The van der Waals surface area contributed by atoms with Crippen molar-refractivity contribution in [2.75, 3.05) is 18.0 Å². The molecule has 1 fully saturated rings. The van der Waals surface area contributed by atoms with E-state index in [1.165, 1.54) is 18.3 Å². The Kier molecular flexibility index (Phi) is 4.87. The molecular weight excluding hydrogens is 386 g/mol. The molecule has 0 radical (unpaired) electrons. The molecule has 2 N–H and O–H groups in total. The largest absolute Gasteiger partial charge is 0.340 e. The van der Waals surface area contributed by atoms with Gasteiger partial charge in [0.05, 0.1) is 35.4 Å². The maximum atomic E-state index is 14.0. The lowest BCUT2D eigenvalue weighted by atomic mass is 10.1. The predicted octanol–water partition coefficient (Wildman–Crippen LogP) is 3.70. The summed E-state index contributed by atoms with van der Waals surface area (Å²) in [5.41, 5.74) is 8.01. The van der Waals surface area contributed by atoms with Gasteiger partial charge in [0, 0.05) is 19.3 Å². The first-order valence-corrected chi connectivity index (χ1v) is 9.16. The molecule has 9 heteroatoms. The summed E-state index contributed by atoms with van der Waals surface area (Å²) in [5.74, 6) is 0.0709. The first-order chi connectivity index (χ1) is 13.5. The zero-order chi connectivity index (χ0) is 19.8. The first-order valence-electron chi connectivity index (χ1n) is 8.78. The van der Waals surface area contributed by atoms with Gasteiger partial charge in [-0.1, -0.05) is 17.7 Å². The lowest BCUT2D eigenvalue weighted by Gasteiger charge is -2.34. The van der Waals surface area contributed by atoms with Gasteiger partial charge < -0.3 is 15.2 Å². The number of nitrogens with two attached hydrogens (primary N) is 1. The smallest absolute Gasteiger partial charge is 0.207 e. The van der Waals surface area contributed by atoms with E-state index in [1.54, 1.807) is 16.7 Å². The molecular formula is C19H17ClF2N6. The number of nitrogens with zero attached hydrogens (tertiary/aromatic N) is 5. The van der Waals surface area contributed by atoms with Gasteiger partial charge in [-0.2, -0.15) is 0 Å². The van der Waals surface area contributed by atoms with Crippen molar-refractivity contribution in [3.8, 4) is 0 Å². The molecule has 144 valence electrons. The maximum absolute atomic E-state index is 14.0. The van der Waals surface area contributed by atoms with E-state index in [0.717, 1.165) is 0 Å². The lowest BCUT2D eigenvalue weighted by Crippen LogP contribution is -2.50. The van der Waals surface area contributed by atoms with Crippen LogP contribution < -0.4 is 10.6 Å². The Morgan fingerprint density at radius 2 is 2.18 bits per heavy atom. The second-order valence-electron chi connectivity index (χ2n) is 6.79. The molecule has 1 aromatic carbocycles. The van der Waals surface area contributed by atoms with E-state index in [2.05, 4.69) is 14.8 Å². The quantitative estimate of drug-likeness (QED) is 0.678. The molecule has 1 saturated heterocycles. The molecule has 0 bridgehead atoms. The topological polar surface area (TPSA) is 64.3 Å². The average molecular weight is 403 g/mol. The van der Waals surface area contributed by atoms with Crippen LogP contribution in [0.1, 0.15) is 12.1 Å². The van der Waals surface area contributed by atoms with E-state index in [9.17, 15) is 8.78 Å². The van der Waals surface area contributed by atoms with Crippen LogP contribution in [0.4, 0.5) is 20.4 Å². The van der Waals surface area contributed by atoms with Gasteiger partial charge in [-0.3, -0.25) is 4.98 Å². The molecule has 28 heavy (non-hydrogen) atoms. The van der Waals surface area contributed by atoms with E-state index in [1.807, 2.05) is 4.90 Å². The summed E-state index contributed by atoms with van der Waals surface area (Å²) in [6.07, 6.45) is 0.724. The number of halogens is 3. The summed E-state index contributed by atoms with van der Waals surface area (Å²) in [4.78, 5) is 14.1. The Balaban J connectivity index is 1.80. The highest BCUT2D eigenvalue weighted by Crippen LogP contribution is 2.31. The third-order valence-corrected chi connectivity index (χ3v) is 5.15. The molecule has 6 nitrogen and oxygen atoms in total. The summed E-state index contributed by atoms with van der Waals surface area (Å²) in [5, 5.41) is 0.205. The summed E-state index contributed by atoms with van der Waals surface area (Å²) in [7, 11) is 0. The number of hydrogen-bond acceptors (Lipinski definition) is 4. The molecule has 4 rings (SSSR count). The molecule has 0 unspecified atom stereocenters. The number of imidazole rings is 1. The third kappa shape index (κ3) is 3.39. The van der Waals surface area contributed by atoms with Gasteiger partial charge in [-0.05, 0) is 24.6 Å². The molecule has 1 aliphatic heterocycles. The van der Waals surface area contributed by atoms with Crippen LogP contribution in [0.15, 0.2) is 30.5 Å². The van der Waals surface area contributed by atoms with Crippen LogP contribution in [0.5, 0.6) is 0 Å². The summed E-state index contributed by atoms with van der Waals surface area (Å²) in [6.45, 7) is 8.08. The number of aromatic nitrogens is 3. The predicted molar refractivity (Wildman–Crippen MR) is 104 cm³/mol. The van der Waals surface area contributed by atoms with Crippen LogP contribution in [0.2, 0.25) is 5.02 Å². The van der Waals surface area contributed by atoms with E-state index in [-0.39, 0.29) is 5.02 Å². The molecule has 3 aromatic rings. The molecule has 2 atom stereocenters.